The van der Waals surface area contributed by atoms with Gasteiger partial charge >= 0.3 is 0 Å². The van der Waals surface area contributed by atoms with E-state index >= 15 is 0 Å². The van der Waals surface area contributed by atoms with Crippen molar-refractivity contribution in [3.05, 3.63) is 46.4 Å². The molecule has 0 aliphatic carbocycles. The second kappa shape index (κ2) is 4.21. The maximum absolute atomic E-state index is 13.4. The smallest absolute Gasteiger partial charge is 0.140 e. The zero-order chi connectivity index (χ0) is 10.8. The summed E-state index contributed by atoms with van der Waals surface area (Å²) in [5.74, 6) is -0.145. The highest BCUT2D eigenvalue weighted by molar-refractivity contribution is 6.31. The molecule has 15 heavy (non-hydrogen) atoms. The van der Waals surface area contributed by atoms with Gasteiger partial charge in [0.25, 0.3) is 0 Å². The van der Waals surface area contributed by atoms with E-state index in [0.29, 0.717) is 12.4 Å². The average molecular weight is 229 g/mol. The molecule has 0 saturated heterocycles. The van der Waals surface area contributed by atoms with Crippen LogP contribution in [0.15, 0.2) is 30.0 Å². The summed E-state index contributed by atoms with van der Waals surface area (Å²) in [7, 11) is 0. The average Bonchev–Trinajstić information content (AvgIpc) is 2.69. The van der Waals surface area contributed by atoms with Crippen molar-refractivity contribution in [1.29, 1.82) is 0 Å². The third-order valence-electron chi connectivity index (χ3n) is 2.27. The SMILES string of the molecule is OC(C1=CCCO1)c1c(F)cccc1Cl. The molecule has 2 nitrogen and oxygen atoms in total. The highest BCUT2D eigenvalue weighted by Crippen LogP contribution is 2.32. The molecule has 1 atom stereocenters. The molecule has 1 unspecified atom stereocenters. The van der Waals surface area contributed by atoms with Crippen molar-refractivity contribution in [2.45, 2.75) is 12.5 Å². The largest absolute Gasteiger partial charge is 0.495 e. The molecule has 0 spiro atoms. The Labute approximate surface area is 91.9 Å². The summed E-state index contributed by atoms with van der Waals surface area (Å²) in [5, 5.41) is 10.1. The van der Waals surface area contributed by atoms with Gasteiger partial charge in [-0.1, -0.05) is 17.7 Å². The first kappa shape index (κ1) is 10.5. The van der Waals surface area contributed by atoms with Crippen LogP contribution >= 0.6 is 11.6 Å². The lowest BCUT2D eigenvalue weighted by Gasteiger charge is -2.14. The lowest BCUT2D eigenvalue weighted by molar-refractivity contribution is 0.116. The van der Waals surface area contributed by atoms with Crippen molar-refractivity contribution >= 4 is 11.6 Å². The molecular weight excluding hydrogens is 219 g/mol. The molecule has 1 aliphatic rings. The van der Waals surface area contributed by atoms with E-state index in [1.165, 1.54) is 12.1 Å². The van der Waals surface area contributed by atoms with Crippen LogP contribution in [0.25, 0.3) is 0 Å². The fourth-order valence-corrected chi connectivity index (χ4v) is 1.81. The molecule has 80 valence electrons. The number of rotatable bonds is 2. The highest BCUT2D eigenvalue weighted by atomic mass is 35.5. The van der Waals surface area contributed by atoms with Crippen molar-refractivity contribution in [2.24, 2.45) is 0 Å². The summed E-state index contributed by atoms with van der Waals surface area (Å²) in [5.41, 5.74) is 0.0762. The second-order valence-electron chi connectivity index (χ2n) is 3.28. The summed E-state index contributed by atoms with van der Waals surface area (Å²) >= 11 is 5.82. The predicted octanol–water partition coefficient (Wildman–Crippen LogP) is 2.82. The van der Waals surface area contributed by atoms with Crippen LogP contribution in [0.3, 0.4) is 0 Å². The van der Waals surface area contributed by atoms with Crippen molar-refractivity contribution in [1.82, 2.24) is 0 Å². The van der Waals surface area contributed by atoms with Gasteiger partial charge in [0.05, 0.1) is 6.61 Å². The molecule has 2 rings (SSSR count). The minimum atomic E-state index is -1.11. The fraction of sp³-hybridized carbons (Fsp3) is 0.273. The lowest BCUT2D eigenvalue weighted by Crippen LogP contribution is -2.05. The Morgan fingerprint density at radius 3 is 2.87 bits per heavy atom. The molecule has 0 saturated carbocycles. The number of benzene rings is 1. The van der Waals surface area contributed by atoms with E-state index in [1.54, 1.807) is 12.1 Å². The molecule has 0 amide bonds. The number of ether oxygens (including phenoxy) is 1. The van der Waals surface area contributed by atoms with E-state index in [1.807, 2.05) is 0 Å². The summed E-state index contributed by atoms with van der Waals surface area (Å²) < 4.78 is 18.6. The number of hydrogen-bond acceptors (Lipinski definition) is 2. The van der Waals surface area contributed by atoms with Crippen LogP contribution in [0.4, 0.5) is 4.39 Å². The lowest BCUT2D eigenvalue weighted by atomic mass is 10.1. The quantitative estimate of drug-likeness (QED) is 0.844. The van der Waals surface area contributed by atoms with Gasteiger partial charge in [-0.15, -0.1) is 0 Å². The van der Waals surface area contributed by atoms with E-state index < -0.39 is 11.9 Å². The Kier molecular flexibility index (Phi) is 2.93. The number of aliphatic hydroxyl groups excluding tert-OH is 1. The molecular formula is C11H10ClFO2. The third-order valence-corrected chi connectivity index (χ3v) is 2.60. The molecule has 4 heteroatoms. The maximum Gasteiger partial charge on any atom is 0.140 e. The molecule has 1 heterocycles. The number of halogens is 2. The molecule has 1 aromatic carbocycles. The van der Waals surface area contributed by atoms with Crippen LogP contribution in [0.1, 0.15) is 18.1 Å². The molecule has 1 aromatic rings. The van der Waals surface area contributed by atoms with Crippen LogP contribution in [0.5, 0.6) is 0 Å². The number of aliphatic hydroxyl groups is 1. The molecule has 0 bridgehead atoms. The normalized spacial score (nSPS) is 17.1. The van der Waals surface area contributed by atoms with E-state index in [-0.39, 0.29) is 10.6 Å². The molecule has 1 aliphatic heterocycles. The predicted molar refractivity (Wildman–Crippen MR) is 55.0 cm³/mol. The van der Waals surface area contributed by atoms with Crippen molar-refractivity contribution in [3.8, 4) is 0 Å². The van der Waals surface area contributed by atoms with E-state index in [9.17, 15) is 9.50 Å². The zero-order valence-electron chi connectivity index (χ0n) is 7.91. The van der Waals surface area contributed by atoms with Crippen LogP contribution in [-0.2, 0) is 4.74 Å². The summed E-state index contributed by atoms with van der Waals surface area (Å²) in [6, 6.07) is 4.30. The highest BCUT2D eigenvalue weighted by Gasteiger charge is 2.23. The van der Waals surface area contributed by atoms with Gasteiger partial charge < -0.3 is 9.84 Å². The van der Waals surface area contributed by atoms with Crippen LogP contribution < -0.4 is 0 Å². The molecule has 0 radical (unpaired) electrons. The van der Waals surface area contributed by atoms with Crippen molar-refractivity contribution < 1.29 is 14.2 Å². The standard InChI is InChI=1S/C11H10ClFO2/c12-7-3-1-4-8(13)10(7)11(14)9-5-2-6-15-9/h1,3-5,11,14H,2,6H2. The van der Waals surface area contributed by atoms with E-state index in [2.05, 4.69) is 0 Å². The Bertz CT molecular complexity index is 383. The zero-order valence-corrected chi connectivity index (χ0v) is 8.67. The Hall–Kier alpha value is -1.06. The fourth-order valence-electron chi connectivity index (χ4n) is 1.54. The summed E-state index contributed by atoms with van der Waals surface area (Å²) in [6.07, 6.45) is 1.37. The minimum Gasteiger partial charge on any atom is -0.495 e. The van der Waals surface area contributed by atoms with Gasteiger partial charge in [0.2, 0.25) is 0 Å². The topological polar surface area (TPSA) is 29.5 Å². The third kappa shape index (κ3) is 1.98. The Morgan fingerprint density at radius 1 is 1.47 bits per heavy atom. The number of hydrogen-bond donors (Lipinski definition) is 1. The van der Waals surface area contributed by atoms with Gasteiger partial charge in [0.1, 0.15) is 17.7 Å². The van der Waals surface area contributed by atoms with Crippen LogP contribution in [-0.4, -0.2) is 11.7 Å². The minimum absolute atomic E-state index is 0.0762. The monoisotopic (exact) mass is 228 g/mol. The van der Waals surface area contributed by atoms with Gasteiger partial charge in [-0.05, 0) is 18.2 Å². The van der Waals surface area contributed by atoms with Gasteiger partial charge in [0, 0.05) is 17.0 Å². The van der Waals surface area contributed by atoms with Crippen LogP contribution in [0, 0.1) is 5.82 Å². The maximum atomic E-state index is 13.4. The second-order valence-corrected chi connectivity index (χ2v) is 3.69. The molecule has 1 N–H and O–H groups in total. The molecule has 0 aromatic heterocycles. The van der Waals surface area contributed by atoms with E-state index in [4.69, 9.17) is 16.3 Å². The van der Waals surface area contributed by atoms with Crippen molar-refractivity contribution in [2.75, 3.05) is 6.61 Å². The van der Waals surface area contributed by atoms with Gasteiger partial charge in [-0.25, -0.2) is 4.39 Å². The first-order valence-electron chi connectivity index (χ1n) is 4.65. The molecule has 0 fully saturated rings. The van der Waals surface area contributed by atoms with Crippen molar-refractivity contribution in [3.63, 3.8) is 0 Å². The first-order valence-corrected chi connectivity index (χ1v) is 5.03. The Balaban J connectivity index is 2.36. The first-order chi connectivity index (χ1) is 7.20. The van der Waals surface area contributed by atoms with Gasteiger partial charge in [0.15, 0.2) is 0 Å². The summed E-state index contributed by atoms with van der Waals surface area (Å²) in [4.78, 5) is 0. The summed E-state index contributed by atoms with van der Waals surface area (Å²) in [6.45, 7) is 0.526. The van der Waals surface area contributed by atoms with E-state index in [0.717, 1.165) is 6.42 Å². The van der Waals surface area contributed by atoms with Crippen LogP contribution in [0.2, 0.25) is 5.02 Å². The Morgan fingerprint density at radius 2 is 2.27 bits per heavy atom. The van der Waals surface area contributed by atoms with Gasteiger partial charge in [-0.2, -0.15) is 0 Å². The van der Waals surface area contributed by atoms with Gasteiger partial charge in [-0.3, -0.25) is 0 Å².